The number of hydrogen-bond donors (Lipinski definition) is 1. The summed E-state index contributed by atoms with van der Waals surface area (Å²) in [5, 5.41) is 13.5. The molecule has 0 aliphatic heterocycles. The summed E-state index contributed by atoms with van der Waals surface area (Å²) < 4.78 is 6.84. The van der Waals surface area contributed by atoms with Crippen molar-refractivity contribution < 1.29 is 14.6 Å². The molecule has 0 unspecified atom stereocenters. The molecule has 18 heavy (non-hydrogen) atoms. The number of carbonyl (C=O) groups is 1. The summed E-state index contributed by atoms with van der Waals surface area (Å²) in [5.74, 6) is -0.378. The van der Waals surface area contributed by atoms with Gasteiger partial charge in [0, 0.05) is 18.3 Å². The first-order chi connectivity index (χ1) is 8.67. The van der Waals surface area contributed by atoms with Crippen LogP contribution in [-0.4, -0.2) is 28.0 Å². The lowest BCUT2D eigenvalue weighted by atomic mass is 10.1. The van der Waals surface area contributed by atoms with E-state index in [1.165, 1.54) is 6.20 Å². The number of benzene rings is 1. The topological polar surface area (TPSA) is 64.4 Å². The first-order valence-corrected chi connectivity index (χ1v) is 5.61. The normalized spacial score (nSPS) is 10.3. The van der Waals surface area contributed by atoms with Crippen LogP contribution in [0.5, 0.6) is 5.75 Å². The Kier molecular flexibility index (Phi) is 3.32. The lowest BCUT2D eigenvalue weighted by molar-refractivity contribution is 0.0697. The smallest absolute Gasteiger partial charge is 0.339 e. The summed E-state index contributed by atoms with van der Waals surface area (Å²) >= 11 is 0. The number of para-hydroxylation sites is 1. The van der Waals surface area contributed by atoms with Crippen LogP contribution >= 0.6 is 0 Å². The molecule has 2 aromatic rings. The number of carboxylic acids is 1. The van der Waals surface area contributed by atoms with E-state index in [0.717, 1.165) is 0 Å². The summed E-state index contributed by atoms with van der Waals surface area (Å²) in [6, 6.07) is 7.24. The quantitative estimate of drug-likeness (QED) is 0.898. The first kappa shape index (κ1) is 12.2. The van der Waals surface area contributed by atoms with Crippen molar-refractivity contribution >= 4 is 5.97 Å². The Morgan fingerprint density at radius 1 is 1.44 bits per heavy atom. The van der Waals surface area contributed by atoms with E-state index < -0.39 is 5.97 Å². The largest absolute Gasteiger partial charge is 0.496 e. The van der Waals surface area contributed by atoms with E-state index in [-0.39, 0.29) is 5.56 Å². The lowest BCUT2D eigenvalue weighted by Crippen LogP contribution is -1.97. The summed E-state index contributed by atoms with van der Waals surface area (Å²) in [6.07, 6.45) is 1.53. The van der Waals surface area contributed by atoms with Gasteiger partial charge in [0.05, 0.1) is 7.11 Å². The zero-order chi connectivity index (χ0) is 13.1. The van der Waals surface area contributed by atoms with Gasteiger partial charge in [-0.3, -0.25) is 4.68 Å². The second kappa shape index (κ2) is 4.91. The van der Waals surface area contributed by atoms with Crippen molar-refractivity contribution in [3.8, 4) is 17.0 Å². The van der Waals surface area contributed by atoms with Crippen molar-refractivity contribution in [1.82, 2.24) is 9.78 Å². The van der Waals surface area contributed by atoms with Gasteiger partial charge in [0.1, 0.15) is 17.0 Å². The number of carboxylic acid groups (broad SMARTS) is 1. The van der Waals surface area contributed by atoms with Crippen LogP contribution in [0.3, 0.4) is 0 Å². The number of hydrogen-bond acceptors (Lipinski definition) is 3. The van der Waals surface area contributed by atoms with Crippen molar-refractivity contribution in [2.75, 3.05) is 7.11 Å². The number of methoxy groups -OCH3 is 1. The van der Waals surface area contributed by atoms with Crippen LogP contribution in [0.25, 0.3) is 11.3 Å². The zero-order valence-electron chi connectivity index (χ0n) is 10.3. The lowest BCUT2D eigenvalue weighted by Gasteiger charge is -2.06. The van der Waals surface area contributed by atoms with E-state index in [4.69, 9.17) is 4.74 Å². The van der Waals surface area contributed by atoms with E-state index in [2.05, 4.69) is 5.10 Å². The predicted octanol–water partition coefficient (Wildman–Crippen LogP) is 2.28. The molecule has 1 N–H and O–H groups in total. The number of ether oxygens (including phenoxy) is 1. The number of nitrogens with zero attached hydrogens (tertiary/aromatic N) is 2. The highest BCUT2D eigenvalue weighted by molar-refractivity contribution is 5.95. The van der Waals surface area contributed by atoms with Gasteiger partial charge in [-0.2, -0.15) is 5.10 Å². The molecule has 0 spiro atoms. The van der Waals surface area contributed by atoms with Gasteiger partial charge in [-0.05, 0) is 19.1 Å². The van der Waals surface area contributed by atoms with Crippen LogP contribution in [0.2, 0.25) is 0 Å². The average Bonchev–Trinajstić information content (AvgIpc) is 2.83. The number of aromatic carboxylic acids is 1. The van der Waals surface area contributed by atoms with Gasteiger partial charge in [-0.1, -0.05) is 12.1 Å². The Morgan fingerprint density at radius 2 is 2.17 bits per heavy atom. The van der Waals surface area contributed by atoms with Gasteiger partial charge in [-0.15, -0.1) is 0 Å². The van der Waals surface area contributed by atoms with Crippen LogP contribution in [0.1, 0.15) is 17.3 Å². The third-order valence-electron chi connectivity index (χ3n) is 2.68. The maximum Gasteiger partial charge on any atom is 0.339 e. The van der Waals surface area contributed by atoms with E-state index in [1.54, 1.807) is 23.9 Å². The molecule has 0 amide bonds. The monoisotopic (exact) mass is 246 g/mol. The van der Waals surface area contributed by atoms with Gasteiger partial charge < -0.3 is 9.84 Å². The fourth-order valence-electron chi connectivity index (χ4n) is 1.78. The Labute approximate surface area is 105 Å². The number of aryl methyl sites for hydroxylation is 1. The number of rotatable bonds is 4. The molecule has 1 heterocycles. The highest BCUT2D eigenvalue weighted by atomic mass is 16.5. The maximum absolute atomic E-state index is 11.2. The van der Waals surface area contributed by atoms with E-state index in [0.29, 0.717) is 23.6 Å². The Bertz CT molecular complexity index is 575. The molecule has 1 aromatic heterocycles. The summed E-state index contributed by atoms with van der Waals surface area (Å²) in [6.45, 7) is 2.53. The fraction of sp³-hybridized carbons (Fsp3) is 0.231. The molecule has 0 fully saturated rings. The van der Waals surface area contributed by atoms with Crippen molar-refractivity contribution in [3.63, 3.8) is 0 Å². The maximum atomic E-state index is 11.2. The second-order valence-corrected chi connectivity index (χ2v) is 3.75. The van der Waals surface area contributed by atoms with Gasteiger partial charge >= 0.3 is 5.97 Å². The molecule has 0 bridgehead atoms. The Balaban J connectivity index is 2.62. The second-order valence-electron chi connectivity index (χ2n) is 3.75. The van der Waals surface area contributed by atoms with Crippen LogP contribution in [-0.2, 0) is 6.54 Å². The van der Waals surface area contributed by atoms with Gasteiger partial charge in [-0.25, -0.2) is 4.79 Å². The Morgan fingerprint density at radius 3 is 2.78 bits per heavy atom. The third-order valence-corrected chi connectivity index (χ3v) is 2.68. The molecule has 5 heteroatoms. The minimum Gasteiger partial charge on any atom is -0.496 e. The van der Waals surface area contributed by atoms with Crippen molar-refractivity contribution in [3.05, 3.63) is 36.0 Å². The molecule has 2 rings (SSSR count). The number of aromatic nitrogens is 2. The molecule has 1 aromatic carbocycles. The van der Waals surface area contributed by atoms with E-state index in [9.17, 15) is 9.90 Å². The van der Waals surface area contributed by atoms with E-state index >= 15 is 0 Å². The SMILES string of the molecule is CCn1cc(C(=O)O)c(-c2ccccc2OC)n1. The van der Waals surface area contributed by atoms with Gasteiger partial charge in [0.15, 0.2) is 0 Å². The molecule has 0 radical (unpaired) electrons. The zero-order valence-corrected chi connectivity index (χ0v) is 10.3. The standard InChI is InChI=1S/C13H14N2O3/c1-3-15-8-10(13(16)17)12(14-15)9-6-4-5-7-11(9)18-2/h4-8H,3H2,1-2H3,(H,16,17). The van der Waals surface area contributed by atoms with Crippen LogP contribution in [0.15, 0.2) is 30.5 Å². The van der Waals surface area contributed by atoms with Gasteiger partial charge in [0.2, 0.25) is 0 Å². The molecular weight excluding hydrogens is 232 g/mol. The summed E-state index contributed by atoms with van der Waals surface area (Å²) in [7, 11) is 1.55. The van der Waals surface area contributed by atoms with Crippen molar-refractivity contribution in [2.45, 2.75) is 13.5 Å². The first-order valence-electron chi connectivity index (χ1n) is 5.61. The minimum atomic E-state index is -0.990. The average molecular weight is 246 g/mol. The fourth-order valence-corrected chi connectivity index (χ4v) is 1.78. The predicted molar refractivity (Wildman–Crippen MR) is 66.8 cm³/mol. The molecule has 0 atom stereocenters. The highest BCUT2D eigenvalue weighted by Gasteiger charge is 2.19. The molecule has 0 aliphatic rings. The van der Waals surface area contributed by atoms with Crippen LogP contribution in [0, 0.1) is 0 Å². The van der Waals surface area contributed by atoms with Crippen LogP contribution < -0.4 is 4.74 Å². The third kappa shape index (κ3) is 2.07. The molecule has 0 saturated carbocycles. The van der Waals surface area contributed by atoms with Crippen LogP contribution in [0.4, 0.5) is 0 Å². The molecule has 94 valence electrons. The van der Waals surface area contributed by atoms with Crippen molar-refractivity contribution in [1.29, 1.82) is 0 Å². The Hall–Kier alpha value is -2.30. The highest BCUT2D eigenvalue weighted by Crippen LogP contribution is 2.30. The molecular formula is C13H14N2O3. The minimum absolute atomic E-state index is 0.182. The van der Waals surface area contributed by atoms with E-state index in [1.807, 2.05) is 19.1 Å². The van der Waals surface area contributed by atoms with Crippen molar-refractivity contribution in [2.24, 2.45) is 0 Å². The molecule has 0 aliphatic carbocycles. The van der Waals surface area contributed by atoms with Gasteiger partial charge in [0.25, 0.3) is 0 Å². The molecule has 0 saturated heterocycles. The molecule has 5 nitrogen and oxygen atoms in total. The summed E-state index contributed by atoms with van der Waals surface area (Å²) in [4.78, 5) is 11.2. The summed E-state index contributed by atoms with van der Waals surface area (Å²) in [5.41, 5.74) is 1.30.